The minimum atomic E-state index is -1.01. The Morgan fingerprint density at radius 3 is 2.55 bits per heavy atom. The third-order valence-electron chi connectivity index (χ3n) is 3.67. The van der Waals surface area contributed by atoms with Crippen molar-refractivity contribution in [3.63, 3.8) is 0 Å². The molecule has 1 aromatic rings. The van der Waals surface area contributed by atoms with Crippen LogP contribution in [0, 0.1) is 17.7 Å². The maximum Gasteiger partial charge on any atom is 0.220 e. The van der Waals surface area contributed by atoms with Gasteiger partial charge in [-0.3, -0.25) is 4.79 Å². The van der Waals surface area contributed by atoms with Gasteiger partial charge < -0.3 is 10.4 Å². The van der Waals surface area contributed by atoms with Crippen LogP contribution in [0.5, 0.6) is 0 Å². The number of hydrogen-bond acceptors (Lipinski definition) is 2. The van der Waals surface area contributed by atoms with Crippen molar-refractivity contribution < 1.29 is 14.3 Å². The summed E-state index contributed by atoms with van der Waals surface area (Å²) in [5.74, 6) is 0.228. The molecule has 0 radical (unpaired) electrons. The molecule has 0 aromatic heterocycles. The van der Waals surface area contributed by atoms with Crippen molar-refractivity contribution in [1.82, 2.24) is 5.32 Å². The van der Waals surface area contributed by atoms with Crippen LogP contribution in [-0.2, 0) is 4.79 Å². The molecule has 0 spiro atoms. The standard InChI is InChI=1S/C16H24FNO2/c1-4-12(11(2)3)9-16(20)18-10-15(19)13-7-5-6-8-14(13)17/h5-8,11-12,15,19H,4,9-10H2,1-3H3,(H,18,20). The molecule has 0 aliphatic heterocycles. The number of hydrogen-bond donors (Lipinski definition) is 2. The molecule has 1 rings (SSSR count). The van der Waals surface area contributed by atoms with E-state index in [1.165, 1.54) is 12.1 Å². The van der Waals surface area contributed by atoms with Crippen molar-refractivity contribution >= 4 is 5.91 Å². The second-order valence-electron chi connectivity index (χ2n) is 5.46. The van der Waals surface area contributed by atoms with Crippen LogP contribution < -0.4 is 5.32 Å². The fourth-order valence-corrected chi connectivity index (χ4v) is 2.23. The number of amides is 1. The van der Waals surface area contributed by atoms with Gasteiger partial charge in [0.25, 0.3) is 0 Å². The van der Waals surface area contributed by atoms with E-state index in [-0.39, 0.29) is 18.0 Å². The average molecular weight is 281 g/mol. The van der Waals surface area contributed by atoms with E-state index in [0.717, 1.165) is 6.42 Å². The summed E-state index contributed by atoms with van der Waals surface area (Å²) in [7, 11) is 0. The van der Waals surface area contributed by atoms with Gasteiger partial charge in [0.15, 0.2) is 0 Å². The van der Waals surface area contributed by atoms with Crippen LogP contribution in [0.25, 0.3) is 0 Å². The molecule has 4 heteroatoms. The molecular weight excluding hydrogens is 257 g/mol. The lowest BCUT2D eigenvalue weighted by molar-refractivity contribution is -0.122. The van der Waals surface area contributed by atoms with E-state index in [1.54, 1.807) is 12.1 Å². The first-order valence-corrected chi connectivity index (χ1v) is 7.14. The summed E-state index contributed by atoms with van der Waals surface area (Å²) in [6.45, 7) is 6.28. The minimum absolute atomic E-state index is 0.0360. The normalized spacial score (nSPS) is 14.1. The van der Waals surface area contributed by atoms with Gasteiger partial charge in [-0.1, -0.05) is 45.4 Å². The van der Waals surface area contributed by atoms with Gasteiger partial charge in [0, 0.05) is 18.5 Å². The lowest BCUT2D eigenvalue weighted by Gasteiger charge is -2.19. The smallest absolute Gasteiger partial charge is 0.220 e. The van der Waals surface area contributed by atoms with Crippen LogP contribution in [0.4, 0.5) is 4.39 Å². The number of carbonyl (C=O) groups excluding carboxylic acids is 1. The van der Waals surface area contributed by atoms with Gasteiger partial charge in [0.05, 0.1) is 6.10 Å². The maximum atomic E-state index is 13.5. The first-order chi connectivity index (χ1) is 9.45. The van der Waals surface area contributed by atoms with E-state index >= 15 is 0 Å². The zero-order valence-corrected chi connectivity index (χ0v) is 12.4. The largest absolute Gasteiger partial charge is 0.386 e. The highest BCUT2D eigenvalue weighted by molar-refractivity contribution is 5.76. The number of benzene rings is 1. The van der Waals surface area contributed by atoms with Crippen molar-refractivity contribution in [2.45, 2.75) is 39.7 Å². The molecular formula is C16H24FNO2. The Kier molecular flexibility index (Phi) is 6.65. The molecule has 2 N–H and O–H groups in total. The predicted molar refractivity (Wildman–Crippen MR) is 77.6 cm³/mol. The molecule has 2 unspecified atom stereocenters. The first-order valence-electron chi connectivity index (χ1n) is 7.14. The third kappa shape index (κ3) is 4.93. The van der Waals surface area contributed by atoms with Crippen LogP contribution >= 0.6 is 0 Å². The van der Waals surface area contributed by atoms with E-state index in [4.69, 9.17) is 0 Å². The topological polar surface area (TPSA) is 49.3 Å². The summed E-state index contributed by atoms with van der Waals surface area (Å²) in [4.78, 5) is 11.8. The van der Waals surface area contributed by atoms with Crippen molar-refractivity contribution in [1.29, 1.82) is 0 Å². The summed E-state index contributed by atoms with van der Waals surface area (Å²) in [6, 6.07) is 6.05. The number of rotatable bonds is 7. The van der Waals surface area contributed by atoms with E-state index in [1.807, 2.05) is 0 Å². The van der Waals surface area contributed by atoms with Crippen LogP contribution in [0.3, 0.4) is 0 Å². The molecule has 0 heterocycles. The quantitative estimate of drug-likeness (QED) is 0.807. The highest BCUT2D eigenvalue weighted by Crippen LogP contribution is 2.19. The van der Waals surface area contributed by atoms with Crippen LogP contribution in [0.1, 0.15) is 45.3 Å². The molecule has 3 nitrogen and oxygen atoms in total. The Labute approximate surface area is 120 Å². The Bertz CT molecular complexity index is 434. The summed E-state index contributed by atoms with van der Waals surface area (Å²) in [5.41, 5.74) is 0.212. The molecule has 0 saturated heterocycles. The van der Waals surface area contributed by atoms with E-state index < -0.39 is 11.9 Å². The lowest BCUT2D eigenvalue weighted by atomic mass is 9.90. The van der Waals surface area contributed by atoms with Gasteiger partial charge in [-0.25, -0.2) is 4.39 Å². The van der Waals surface area contributed by atoms with E-state index in [2.05, 4.69) is 26.1 Å². The Morgan fingerprint density at radius 1 is 1.35 bits per heavy atom. The zero-order chi connectivity index (χ0) is 15.1. The van der Waals surface area contributed by atoms with Crippen molar-refractivity contribution in [3.05, 3.63) is 35.6 Å². The summed E-state index contributed by atoms with van der Waals surface area (Å²) in [5, 5.41) is 12.6. The molecule has 2 atom stereocenters. The molecule has 1 amide bonds. The summed E-state index contributed by atoms with van der Waals surface area (Å²) >= 11 is 0. The fourth-order valence-electron chi connectivity index (χ4n) is 2.23. The van der Waals surface area contributed by atoms with Gasteiger partial charge >= 0.3 is 0 Å². The maximum absolute atomic E-state index is 13.5. The van der Waals surface area contributed by atoms with Crippen LogP contribution in [-0.4, -0.2) is 17.6 Å². The fraction of sp³-hybridized carbons (Fsp3) is 0.562. The molecule has 0 fully saturated rings. The SMILES string of the molecule is CCC(CC(=O)NCC(O)c1ccccc1F)C(C)C. The molecule has 0 aliphatic carbocycles. The average Bonchev–Trinajstić information content (AvgIpc) is 2.42. The second-order valence-corrected chi connectivity index (χ2v) is 5.46. The van der Waals surface area contributed by atoms with Crippen molar-refractivity contribution in [2.24, 2.45) is 11.8 Å². The second kappa shape index (κ2) is 8.00. The van der Waals surface area contributed by atoms with Crippen molar-refractivity contribution in [3.8, 4) is 0 Å². The lowest BCUT2D eigenvalue weighted by Crippen LogP contribution is -2.31. The number of aliphatic hydroxyl groups is 1. The zero-order valence-electron chi connectivity index (χ0n) is 12.4. The molecule has 0 aliphatic rings. The number of nitrogens with one attached hydrogen (secondary N) is 1. The Hall–Kier alpha value is -1.42. The first kappa shape index (κ1) is 16.6. The highest BCUT2D eigenvalue weighted by atomic mass is 19.1. The van der Waals surface area contributed by atoms with Crippen molar-refractivity contribution in [2.75, 3.05) is 6.54 Å². The number of carbonyl (C=O) groups is 1. The van der Waals surface area contributed by atoms with Gasteiger partial charge in [0.2, 0.25) is 5.91 Å². The minimum Gasteiger partial charge on any atom is -0.386 e. The molecule has 112 valence electrons. The van der Waals surface area contributed by atoms with Gasteiger partial charge in [-0.15, -0.1) is 0 Å². The third-order valence-corrected chi connectivity index (χ3v) is 3.67. The number of halogens is 1. The van der Waals surface area contributed by atoms with Gasteiger partial charge in [-0.05, 0) is 17.9 Å². The van der Waals surface area contributed by atoms with E-state index in [0.29, 0.717) is 18.3 Å². The van der Waals surface area contributed by atoms with Crippen LogP contribution in [0.2, 0.25) is 0 Å². The summed E-state index contributed by atoms with van der Waals surface area (Å²) < 4.78 is 13.5. The predicted octanol–water partition coefficient (Wildman–Crippen LogP) is 3.05. The molecule has 1 aromatic carbocycles. The van der Waals surface area contributed by atoms with Crippen LogP contribution in [0.15, 0.2) is 24.3 Å². The molecule has 0 saturated carbocycles. The highest BCUT2D eigenvalue weighted by Gasteiger charge is 2.17. The Morgan fingerprint density at radius 2 is 2.00 bits per heavy atom. The monoisotopic (exact) mass is 281 g/mol. The number of aliphatic hydroxyl groups excluding tert-OH is 1. The Balaban J connectivity index is 2.47. The van der Waals surface area contributed by atoms with Gasteiger partial charge in [-0.2, -0.15) is 0 Å². The van der Waals surface area contributed by atoms with Gasteiger partial charge in [0.1, 0.15) is 5.82 Å². The summed E-state index contributed by atoms with van der Waals surface area (Å²) in [6.07, 6.45) is 0.373. The molecule has 20 heavy (non-hydrogen) atoms. The van der Waals surface area contributed by atoms with E-state index in [9.17, 15) is 14.3 Å². The molecule has 0 bridgehead atoms.